The quantitative estimate of drug-likeness (QED) is 0.590. The second kappa shape index (κ2) is 9.22. The lowest BCUT2D eigenvalue weighted by atomic mass is 10.2. The minimum Gasteiger partial charge on any atom is -0.367 e. The minimum atomic E-state index is -0.587. The second-order valence-corrected chi connectivity index (χ2v) is 5.75. The summed E-state index contributed by atoms with van der Waals surface area (Å²) in [6, 6.07) is 6.84. The molecule has 2 rings (SSSR count). The Labute approximate surface area is 142 Å². The first-order valence-electron chi connectivity index (χ1n) is 8.39. The van der Waals surface area contributed by atoms with Gasteiger partial charge in [0, 0.05) is 39.3 Å². The van der Waals surface area contributed by atoms with Crippen LogP contribution in [0.5, 0.6) is 0 Å². The summed E-state index contributed by atoms with van der Waals surface area (Å²) >= 11 is 0. The van der Waals surface area contributed by atoms with Crippen LogP contribution >= 0.6 is 0 Å². The summed E-state index contributed by atoms with van der Waals surface area (Å²) in [7, 11) is 0. The van der Waals surface area contributed by atoms with E-state index in [1.165, 1.54) is 6.07 Å². The third-order valence-electron chi connectivity index (χ3n) is 4.05. The zero-order valence-corrected chi connectivity index (χ0v) is 14.1. The number of nitrogens with one attached hydrogen (secondary N) is 2. The van der Waals surface area contributed by atoms with Crippen molar-refractivity contribution < 1.29 is 14.0 Å². The Morgan fingerprint density at radius 3 is 2.42 bits per heavy atom. The Morgan fingerprint density at radius 1 is 1.08 bits per heavy atom. The molecule has 0 aliphatic carbocycles. The van der Waals surface area contributed by atoms with E-state index >= 15 is 0 Å². The molecule has 0 aromatic heterocycles. The normalized spacial score (nSPS) is 15.2. The predicted molar refractivity (Wildman–Crippen MR) is 91.4 cm³/mol. The number of hydrogen-bond acceptors (Lipinski definition) is 4. The van der Waals surface area contributed by atoms with Crippen LogP contribution in [0.3, 0.4) is 0 Å². The largest absolute Gasteiger partial charge is 0.367 e. The fourth-order valence-electron chi connectivity index (χ4n) is 2.75. The lowest BCUT2D eigenvalue weighted by Crippen LogP contribution is -2.47. The van der Waals surface area contributed by atoms with Gasteiger partial charge in [0.05, 0.1) is 5.69 Å². The Morgan fingerprint density at radius 2 is 1.75 bits per heavy atom. The maximum atomic E-state index is 13.8. The summed E-state index contributed by atoms with van der Waals surface area (Å²) in [6.45, 7) is 6.82. The van der Waals surface area contributed by atoms with Crippen LogP contribution in [0, 0.1) is 5.82 Å². The van der Waals surface area contributed by atoms with Gasteiger partial charge >= 0.3 is 11.8 Å². The molecule has 0 radical (unpaired) electrons. The van der Waals surface area contributed by atoms with E-state index in [1.54, 1.807) is 13.0 Å². The number of amides is 2. The maximum Gasteiger partial charge on any atom is 0.309 e. The fourth-order valence-corrected chi connectivity index (χ4v) is 2.75. The fraction of sp³-hybridized carbons (Fsp3) is 0.529. The molecule has 1 heterocycles. The van der Waals surface area contributed by atoms with Crippen molar-refractivity contribution in [2.24, 2.45) is 0 Å². The number of likely N-dealkylation sites (N-methyl/N-ethyl adjacent to an activating group) is 1. The number of benzene rings is 1. The molecule has 7 heteroatoms. The summed E-state index contributed by atoms with van der Waals surface area (Å²) in [4.78, 5) is 27.0. The van der Waals surface area contributed by atoms with Gasteiger partial charge < -0.3 is 15.5 Å². The maximum absolute atomic E-state index is 13.8. The molecule has 0 bridgehead atoms. The smallest absolute Gasteiger partial charge is 0.309 e. The number of hydrogen-bond donors (Lipinski definition) is 2. The highest BCUT2D eigenvalue weighted by Gasteiger charge is 2.19. The molecule has 0 spiro atoms. The first kappa shape index (κ1) is 18.2. The summed E-state index contributed by atoms with van der Waals surface area (Å²) in [6.07, 6.45) is 0.783. The summed E-state index contributed by atoms with van der Waals surface area (Å²) in [5.74, 6) is -1.35. The highest BCUT2D eigenvalue weighted by molar-refractivity contribution is 6.35. The summed E-state index contributed by atoms with van der Waals surface area (Å²) in [5.41, 5.74) is 0.659. The Bertz CT molecular complexity index is 559. The van der Waals surface area contributed by atoms with Crippen molar-refractivity contribution >= 4 is 17.5 Å². The molecular weight excluding hydrogens is 311 g/mol. The molecule has 1 aliphatic heterocycles. The Hall–Kier alpha value is -2.15. The predicted octanol–water partition coefficient (Wildman–Crippen LogP) is 0.590. The first-order chi connectivity index (χ1) is 11.6. The number of nitrogens with zero attached hydrogens (tertiary/aromatic N) is 2. The number of anilines is 1. The lowest BCUT2D eigenvalue weighted by molar-refractivity contribution is -0.139. The topological polar surface area (TPSA) is 64.7 Å². The van der Waals surface area contributed by atoms with Gasteiger partial charge in [-0.2, -0.15) is 0 Å². The molecule has 6 nitrogen and oxygen atoms in total. The molecule has 2 N–H and O–H groups in total. The Kier molecular flexibility index (Phi) is 6.99. The van der Waals surface area contributed by atoms with Crippen LogP contribution in [0.25, 0.3) is 0 Å². The van der Waals surface area contributed by atoms with Crippen LogP contribution < -0.4 is 15.5 Å². The van der Waals surface area contributed by atoms with Crippen LogP contribution in [0.15, 0.2) is 24.3 Å². The van der Waals surface area contributed by atoms with Gasteiger partial charge in [0.2, 0.25) is 0 Å². The van der Waals surface area contributed by atoms with Crippen molar-refractivity contribution in [3.05, 3.63) is 30.1 Å². The third-order valence-corrected chi connectivity index (χ3v) is 4.05. The number of para-hydroxylation sites is 1. The lowest BCUT2D eigenvalue weighted by Gasteiger charge is -2.36. The van der Waals surface area contributed by atoms with Crippen LogP contribution in [-0.4, -0.2) is 62.5 Å². The van der Waals surface area contributed by atoms with Crippen molar-refractivity contribution in [3.63, 3.8) is 0 Å². The first-order valence-corrected chi connectivity index (χ1v) is 8.39. The molecule has 1 aromatic carbocycles. The van der Waals surface area contributed by atoms with Crippen LogP contribution in [0.2, 0.25) is 0 Å². The van der Waals surface area contributed by atoms with E-state index in [2.05, 4.69) is 20.4 Å². The molecule has 1 saturated heterocycles. The second-order valence-electron chi connectivity index (χ2n) is 5.75. The summed E-state index contributed by atoms with van der Waals surface area (Å²) in [5, 5.41) is 5.07. The monoisotopic (exact) mass is 336 g/mol. The number of carbonyl (C=O) groups is 2. The van der Waals surface area contributed by atoms with Crippen molar-refractivity contribution in [1.29, 1.82) is 0 Å². The van der Waals surface area contributed by atoms with E-state index in [-0.39, 0.29) is 5.82 Å². The minimum absolute atomic E-state index is 0.181. The van der Waals surface area contributed by atoms with Gasteiger partial charge in [-0.15, -0.1) is 0 Å². The van der Waals surface area contributed by atoms with Crippen molar-refractivity contribution in [1.82, 2.24) is 15.5 Å². The van der Waals surface area contributed by atoms with Gasteiger partial charge in [0.1, 0.15) is 5.82 Å². The molecule has 0 saturated carbocycles. The van der Waals surface area contributed by atoms with Crippen molar-refractivity contribution in [2.45, 2.75) is 13.3 Å². The van der Waals surface area contributed by atoms with Crippen LogP contribution in [0.4, 0.5) is 10.1 Å². The highest BCUT2D eigenvalue weighted by atomic mass is 19.1. The number of piperazine rings is 1. The van der Waals surface area contributed by atoms with Crippen LogP contribution in [0.1, 0.15) is 13.3 Å². The van der Waals surface area contributed by atoms with Gasteiger partial charge in [0.25, 0.3) is 0 Å². The van der Waals surface area contributed by atoms with E-state index in [0.29, 0.717) is 18.8 Å². The number of rotatable bonds is 6. The Balaban J connectivity index is 1.64. The van der Waals surface area contributed by atoms with Gasteiger partial charge in [-0.05, 0) is 32.0 Å². The average molecular weight is 336 g/mol. The van der Waals surface area contributed by atoms with E-state index in [9.17, 15) is 14.0 Å². The highest BCUT2D eigenvalue weighted by Crippen LogP contribution is 2.20. The van der Waals surface area contributed by atoms with Gasteiger partial charge in [0.15, 0.2) is 0 Å². The SMILES string of the molecule is CCNC(=O)C(=O)NCCCN1CCN(c2ccccc2F)CC1. The molecule has 0 unspecified atom stereocenters. The average Bonchev–Trinajstić information content (AvgIpc) is 2.60. The zero-order chi connectivity index (χ0) is 17.4. The van der Waals surface area contributed by atoms with E-state index in [4.69, 9.17) is 0 Å². The van der Waals surface area contributed by atoms with Gasteiger partial charge in [-0.3, -0.25) is 14.5 Å². The standard InChI is InChI=1S/C17H25FN4O2/c1-2-19-16(23)17(24)20-8-5-9-21-10-12-22(13-11-21)15-7-4-3-6-14(15)18/h3-4,6-7H,2,5,8-13H2,1H3,(H,19,23)(H,20,24). The molecular formula is C17H25FN4O2. The molecule has 1 aromatic rings. The molecule has 1 aliphatic rings. The molecule has 0 atom stereocenters. The van der Waals surface area contributed by atoms with Gasteiger partial charge in [-0.1, -0.05) is 12.1 Å². The van der Waals surface area contributed by atoms with E-state index < -0.39 is 11.8 Å². The van der Waals surface area contributed by atoms with E-state index in [1.807, 2.05) is 12.1 Å². The number of carbonyl (C=O) groups excluding carboxylic acids is 2. The van der Waals surface area contributed by atoms with E-state index in [0.717, 1.165) is 39.1 Å². The molecule has 1 fully saturated rings. The molecule has 132 valence electrons. The van der Waals surface area contributed by atoms with Crippen LogP contribution in [-0.2, 0) is 9.59 Å². The van der Waals surface area contributed by atoms with Crippen molar-refractivity contribution in [3.8, 4) is 0 Å². The summed E-state index contributed by atoms with van der Waals surface area (Å²) < 4.78 is 13.8. The third kappa shape index (κ3) is 5.19. The van der Waals surface area contributed by atoms with Crippen molar-refractivity contribution in [2.75, 3.05) is 50.7 Å². The molecule has 24 heavy (non-hydrogen) atoms. The zero-order valence-electron chi connectivity index (χ0n) is 14.1. The van der Waals surface area contributed by atoms with Gasteiger partial charge in [-0.25, -0.2) is 4.39 Å². The number of halogens is 1. The molecule has 2 amide bonds.